The fourth-order valence-corrected chi connectivity index (χ4v) is 3.13. The van der Waals surface area contributed by atoms with Crippen molar-refractivity contribution in [2.75, 3.05) is 28.6 Å². The quantitative estimate of drug-likeness (QED) is 0.773. The van der Waals surface area contributed by atoms with Gasteiger partial charge in [-0.2, -0.15) is 18.2 Å². The van der Waals surface area contributed by atoms with Crippen molar-refractivity contribution in [1.82, 2.24) is 9.97 Å². The van der Waals surface area contributed by atoms with E-state index in [0.717, 1.165) is 10.5 Å². The lowest BCUT2D eigenvalue weighted by Crippen LogP contribution is -2.57. The number of amides is 1. The average molecular weight is 399 g/mol. The van der Waals surface area contributed by atoms with Crippen molar-refractivity contribution in [2.45, 2.75) is 24.9 Å². The number of anilines is 4. The highest BCUT2D eigenvalue weighted by Crippen LogP contribution is 2.40. The van der Waals surface area contributed by atoms with Gasteiger partial charge in [0.2, 0.25) is 11.9 Å². The summed E-state index contributed by atoms with van der Waals surface area (Å²) in [5.74, 6) is -3.85. The Morgan fingerprint density at radius 3 is 2.61 bits per heavy atom. The molecule has 1 saturated heterocycles. The summed E-state index contributed by atoms with van der Waals surface area (Å²) in [5, 5.41) is 5.51. The van der Waals surface area contributed by atoms with Gasteiger partial charge in [0.15, 0.2) is 0 Å². The van der Waals surface area contributed by atoms with Crippen LogP contribution >= 0.6 is 0 Å². The lowest BCUT2D eigenvalue weighted by atomic mass is 10.0. The van der Waals surface area contributed by atoms with Crippen molar-refractivity contribution < 1.29 is 26.7 Å². The Balaban J connectivity index is 1.61. The van der Waals surface area contributed by atoms with Crippen LogP contribution in [-0.4, -0.2) is 34.9 Å². The number of nitrogens with one attached hydrogen (secondary N) is 2. The third kappa shape index (κ3) is 3.56. The van der Waals surface area contributed by atoms with E-state index in [-0.39, 0.29) is 11.9 Å². The SMILES string of the molecule is O=C1CCc2cc(Nc3ncc(C(F)(F)F)c(N4CC(F)(F)C4)n3)ccc2N1. The van der Waals surface area contributed by atoms with E-state index in [4.69, 9.17) is 0 Å². The largest absolute Gasteiger partial charge is 0.421 e. The zero-order valence-corrected chi connectivity index (χ0v) is 14.3. The zero-order valence-electron chi connectivity index (χ0n) is 14.3. The molecule has 3 heterocycles. The van der Waals surface area contributed by atoms with E-state index in [9.17, 15) is 26.7 Å². The molecular weight excluding hydrogens is 385 g/mol. The summed E-state index contributed by atoms with van der Waals surface area (Å²) < 4.78 is 65.8. The number of fused-ring (bicyclic) bond motifs is 1. The Kier molecular flexibility index (Phi) is 4.12. The lowest BCUT2D eigenvalue weighted by molar-refractivity contribution is -0.138. The number of rotatable bonds is 3. The normalized spacial score (nSPS) is 18.2. The monoisotopic (exact) mass is 399 g/mol. The Labute approximate surface area is 155 Å². The van der Waals surface area contributed by atoms with E-state index in [0.29, 0.717) is 30.4 Å². The Hall–Kier alpha value is -2.98. The standard InChI is InChI=1S/C17H14F5N5O/c18-16(19)7-27(8-16)14-11(17(20,21)22)6-23-15(26-14)24-10-2-3-12-9(5-10)1-4-13(28)25-12/h2-3,5-6H,1,4,7-8H2,(H,25,28)(H,23,24,26). The molecule has 2 aromatic rings. The first-order valence-corrected chi connectivity index (χ1v) is 8.38. The molecule has 6 nitrogen and oxygen atoms in total. The van der Waals surface area contributed by atoms with Gasteiger partial charge in [0.25, 0.3) is 5.92 Å². The molecule has 1 fully saturated rings. The number of hydrogen-bond donors (Lipinski definition) is 2. The van der Waals surface area contributed by atoms with Crippen LogP contribution in [0, 0.1) is 0 Å². The molecule has 0 atom stereocenters. The van der Waals surface area contributed by atoms with Gasteiger partial charge in [-0.1, -0.05) is 0 Å². The predicted octanol–water partition coefficient (Wildman–Crippen LogP) is 3.58. The number of aryl methyl sites for hydroxylation is 1. The average Bonchev–Trinajstić information content (AvgIpc) is 2.58. The highest BCUT2D eigenvalue weighted by molar-refractivity contribution is 5.94. The van der Waals surface area contributed by atoms with E-state index in [1.165, 1.54) is 0 Å². The molecule has 0 spiro atoms. The minimum absolute atomic E-state index is 0.0877. The first-order valence-electron chi connectivity index (χ1n) is 8.38. The molecule has 0 radical (unpaired) electrons. The smallest absolute Gasteiger partial charge is 0.344 e. The Morgan fingerprint density at radius 1 is 1.18 bits per heavy atom. The number of carbonyl (C=O) groups excluding carboxylic acids is 1. The van der Waals surface area contributed by atoms with Crippen molar-refractivity contribution >= 4 is 29.0 Å². The lowest BCUT2D eigenvalue weighted by Gasteiger charge is -2.40. The molecule has 28 heavy (non-hydrogen) atoms. The van der Waals surface area contributed by atoms with Gasteiger partial charge in [0, 0.05) is 24.0 Å². The van der Waals surface area contributed by atoms with Crippen molar-refractivity contribution in [2.24, 2.45) is 0 Å². The summed E-state index contributed by atoms with van der Waals surface area (Å²) in [7, 11) is 0. The predicted molar refractivity (Wildman–Crippen MR) is 90.9 cm³/mol. The van der Waals surface area contributed by atoms with E-state index < -0.39 is 36.6 Å². The zero-order chi connectivity index (χ0) is 20.1. The van der Waals surface area contributed by atoms with Gasteiger partial charge in [-0.25, -0.2) is 13.8 Å². The molecule has 0 bridgehead atoms. The van der Waals surface area contributed by atoms with Gasteiger partial charge in [-0.3, -0.25) is 4.79 Å². The van der Waals surface area contributed by atoms with Crippen molar-refractivity contribution in [1.29, 1.82) is 0 Å². The third-order valence-corrected chi connectivity index (χ3v) is 4.47. The van der Waals surface area contributed by atoms with Crippen LogP contribution in [0.3, 0.4) is 0 Å². The van der Waals surface area contributed by atoms with Crippen LogP contribution in [0.1, 0.15) is 17.5 Å². The van der Waals surface area contributed by atoms with Gasteiger partial charge in [-0.05, 0) is 30.2 Å². The van der Waals surface area contributed by atoms with Gasteiger partial charge in [0.1, 0.15) is 11.4 Å². The Bertz CT molecular complexity index is 938. The number of benzene rings is 1. The fraction of sp³-hybridized carbons (Fsp3) is 0.353. The molecule has 11 heteroatoms. The molecule has 0 unspecified atom stereocenters. The van der Waals surface area contributed by atoms with Gasteiger partial charge in [-0.15, -0.1) is 0 Å². The van der Waals surface area contributed by atoms with Crippen molar-refractivity contribution in [3.8, 4) is 0 Å². The summed E-state index contributed by atoms with van der Waals surface area (Å²) >= 11 is 0. The van der Waals surface area contributed by atoms with Crippen molar-refractivity contribution in [3.05, 3.63) is 35.5 Å². The molecular formula is C17H14F5N5O. The highest BCUT2D eigenvalue weighted by atomic mass is 19.4. The summed E-state index contributed by atoms with van der Waals surface area (Å²) in [6.45, 7) is -1.66. The highest BCUT2D eigenvalue weighted by Gasteiger charge is 2.48. The molecule has 1 aromatic carbocycles. The van der Waals surface area contributed by atoms with E-state index in [1.807, 2.05) is 0 Å². The maximum atomic E-state index is 13.2. The molecule has 4 rings (SSSR count). The van der Waals surface area contributed by atoms with Gasteiger partial charge >= 0.3 is 6.18 Å². The topological polar surface area (TPSA) is 70.2 Å². The fourth-order valence-electron chi connectivity index (χ4n) is 3.13. The minimum atomic E-state index is -4.76. The summed E-state index contributed by atoms with van der Waals surface area (Å²) in [4.78, 5) is 19.8. The van der Waals surface area contributed by atoms with Gasteiger partial charge in [0.05, 0.1) is 13.1 Å². The first kappa shape index (κ1) is 18.4. The second-order valence-electron chi connectivity index (χ2n) is 6.69. The molecule has 0 aliphatic carbocycles. The maximum absolute atomic E-state index is 13.2. The van der Waals surface area contributed by atoms with Crippen LogP contribution in [-0.2, 0) is 17.4 Å². The van der Waals surface area contributed by atoms with Crippen LogP contribution in [0.2, 0.25) is 0 Å². The van der Waals surface area contributed by atoms with E-state index in [2.05, 4.69) is 20.6 Å². The third-order valence-electron chi connectivity index (χ3n) is 4.47. The molecule has 1 aromatic heterocycles. The minimum Gasteiger partial charge on any atom is -0.344 e. The molecule has 2 N–H and O–H groups in total. The molecule has 148 valence electrons. The number of carbonyl (C=O) groups is 1. The summed E-state index contributed by atoms with van der Waals surface area (Å²) in [6.07, 6.45) is -3.32. The summed E-state index contributed by atoms with van der Waals surface area (Å²) in [5.41, 5.74) is 0.869. The van der Waals surface area contributed by atoms with Crippen LogP contribution in [0.4, 0.5) is 45.1 Å². The molecule has 2 aliphatic rings. The maximum Gasteiger partial charge on any atom is 0.421 e. The van der Waals surface area contributed by atoms with E-state index >= 15 is 0 Å². The number of aromatic nitrogens is 2. The van der Waals surface area contributed by atoms with Crippen molar-refractivity contribution in [3.63, 3.8) is 0 Å². The van der Waals surface area contributed by atoms with Gasteiger partial charge < -0.3 is 15.5 Å². The second kappa shape index (κ2) is 6.28. The Morgan fingerprint density at radius 2 is 1.93 bits per heavy atom. The second-order valence-corrected chi connectivity index (χ2v) is 6.69. The number of nitrogens with zero attached hydrogens (tertiary/aromatic N) is 3. The molecule has 2 aliphatic heterocycles. The van der Waals surface area contributed by atoms with Crippen LogP contribution in [0.5, 0.6) is 0 Å². The number of hydrogen-bond acceptors (Lipinski definition) is 5. The van der Waals surface area contributed by atoms with Crippen LogP contribution < -0.4 is 15.5 Å². The van der Waals surface area contributed by atoms with Crippen LogP contribution in [0.15, 0.2) is 24.4 Å². The number of alkyl halides is 5. The molecule has 1 amide bonds. The number of halogens is 5. The first-order chi connectivity index (χ1) is 13.1. The molecule has 0 saturated carbocycles. The van der Waals surface area contributed by atoms with Crippen LogP contribution in [0.25, 0.3) is 0 Å². The summed E-state index contributed by atoms with van der Waals surface area (Å²) in [6, 6.07) is 5.01. The van der Waals surface area contributed by atoms with E-state index in [1.54, 1.807) is 18.2 Å².